The molecule has 14 heavy (non-hydrogen) atoms. The fourth-order valence-corrected chi connectivity index (χ4v) is 0.646. The van der Waals surface area contributed by atoms with Gasteiger partial charge in [-0.25, -0.2) is 4.79 Å². The number of hydrogen-bond acceptors (Lipinski definition) is 7. The van der Waals surface area contributed by atoms with E-state index in [0.717, 1.165) is 5.06 Å². The number of carbonyl (C=O) groups excluding carboxylic acids is 1. The second-order valence-corrected chi connectivity index (χ2v) is 3.14. The molecule has 1 amide bonds. The van der Waals surface area contributed by atoms with E-state index in [1.807, 2.05) is 0 Å². The predicted molar refractivity (Wildman–Crippen MR) is 53.1 cm³/mol. The third-order valence-electron chi connectivity index (χ3n) is 1.07. The topological polar surface area (TPSA) is 73.2 Å². The Hall–Kier alpha value is 0.850. The molecule has 0 aliphatic carbocycles. The molecule has 0 aromatic rings. The minimum absolute atomic E-state index is 0. The van der Waals surface area contributed by atoms with Crippen LogP contribution >= 0.6 is 25.6 Å². The summed E-state index contributed by atoms with van der Waals surface area (Å²) in [6.07, 6.45) is -0.798. The van der Waals surface area contributed by atoms with Crippen molar-refractivity contribution in [1.29, 1.82) is 0 Å². The summed E-state index contributed by atoms with van der Waals surface area (Å²) in [6, 6.07) is 0. The molecule has 80 valence electrons. The van der Waals surface area contributed by atoms with Gasteiger partial charge < -0.3 is 16.5 Å². The van der Waals surface area contributed by atoms with Gasteiger partial charge in [0.15, 0.2) is 0 Å². The molecule has 0 spiro atoms. The predicted octanol–water partition coefficient (Wildman–Crippen LogP) is -3.57. The Morgan fingerprint density at radius 1 is 1.29 bits per heavy atom. The Morgan fingerprint density at radius 2 is 1.71 bits per heavy atom. The van der Waals surface area contributed by atoms with Crippen LogP contribution < -0.4 is 29.6 Å². The van der Waals surface area contributed by atoms with Gasteiger partial charge in [-0.3, -0.25) is 0 Å². The first-order valence-electron chi connectivity index (χ1n) is 3.48. The molecule has 0 aromatic heterocycles. The van der Waals surface area contributed by atoms with Gasteiger partial charge in [0, 0.05) is 0 Å². The molecule has 0 radical (unpaired) electrons. The zero-order valence-electron chi connectivity index (χ0n) is 8.83. The molecule has 0 heterocycles. The van der Waals surface area contributed by atoms with Crippen molar-refractivity contribution >= 4 is 31.7 Å². The summed E-state index contributed by atoms with van der Waals surface area (Å²) in [5.74, 6) is 0. The number of rotatable bonds is 5. The van der Waals surface area contributed by atoms with Crippen LogP contribution in [0.1, 0.15) is 1.43 Å². The number of aliphatic hydroxyl groups is 2. The average Bonchev–Trinajstić information content (AvgIpc) is 2.05. The van der Waals surface area contributed by atoms with Gasteiger partial charge in [-0.05, 0) is 25.6 Å². The van der Waals surface area contributed by atoms with Crippen molar-refractivity contribution in [2.24, 2.45) is 0 Å². The molecular weight excluding hydrogens is 239 g/mol. The summed E-state index contributed by atoms with van der Waals surface area (Å²) in [6.45, 7) is -0.0950. The van der Waals surface area contributed by atoms with Gasteiger partial charge in [0.05, 0.1) is 26.3 Å². The number of thiol groups is 2. The van der Waals surface area contributed by atoms with E-state index in [-0.39, 0.29) is 57.3 Å². The SMILES string of the molecule is O=C(ON(CCO)CCO)N(S)S.[H-].[Na+]. The van der Waals surface area contributed by atoms with Crippen LogP contribution in [0.15, 0.2) is 0 Å². The number of hydroxylamine groups is 2. The quantitative estimate of drug-likeness (QED) is 0.231. The zero-order chi connectivity index (χ0) is 10.3. The van der Waals surface area contributed by atoms with Crippen molar-refractivity contribution in [2.45, 2.75) is 0 Å². The van der Waals surface area contributed by atoms with E-state index in [9.17, 15) is 4.79 Å². The second kappa shape index (κ2) is 10.4. The van der Waals surface area contributed by atoms with E-state index in [1.54, 1.807) is 0 Å². The van der Waals surface area contributed by atoms with E-state index in [4.69, 9.17) is 10.2 Å². The fourth-order valence-electron chi connectivity index (χ4n) is 0.573. The third kappa shape index (κ3) is 8.18. The van der Waals surface area contributed by atoms with Gasteiger partial charge in [0.1, 0.15) is 0 Å². The zero-order valence-corrected chi connectivity index (χ0v) is 11.6. The van der Waals surface area contributed by atoms with Crippen LogP contribution in [-0.4, -0.2) is 51.4 Å². The fraction of sp³-hybridized carbons (Fsp3) is 0.800. The van der Waals surface area contributed by atoms with Crippen LogP contribution in [0.5, 0.6) is 0 Å². The van der Waals surface area contributed by atoms with Gasteiger partial charge in [0.25, 0.3) is 0 Å². The molecule has 0 atom stereocenters. The van der Waals surface area contributed by atoms with Crippen molar-refractivity contribution in [3.63, 3.8) is 0 Å². The van der Waals surface area contributed by atoms with Crippen molar-refractivity contribution in [2.75, 3.05) is 26.3 Å². The first kappa shape index (κ1) is 17.3. The van der Waals surface area contributed by atoms with Crippen LogP contribution in [0.4, 0.5) is 4.79 Å². The summed E-state index contributed by atoms with van der Waals surface area (Å²) in [4.78, 5) is 15.5. The minimum Gasteiger partial charge on any atom is -1.00 e. The molecule has 6 nitrogen and oxygen atoms in total. The first-order chi connectivity index (χ1) is 6.11. The van der Waals surface area contributed by atoms with Crippen molar-refractivity contribution < 1.29 is 50.8 Å². The van der Waals surface area contributed by atoms with Crippen LogP contribution in [0.3, 0.4) is 0 Å². The van der Waals surface area contributed by atoms with E-state index in [0.29, 0.717) is 3.71 Å². The van der Waals surface area contributed by atoms with E-state index in [1.165, 1.54) is 0 Å². The average molecular weight is 252 g/mol. The maximum atomic E-state index is 10.8. The number of aliphatic hydroxyl groups excluding tert-OH is 2. The Bertz CT molecular complexity index is 162. The first-order valence-corrected chi connectivity index (χ1v) is 4.28. The molecule has 0 aliphatic rings. The van der Waals surface area contributed by atoms with Gasteiger partial charge in [0.2, 0.25) is 0 Å². The Labute approximate surface area is 117 Å². The normalized spacial score (nSPS) is 9.50. The van der Waals surface area contributed by atoms with Gasteiger partial charge >= 0.3 is 35.7 Å². The van der Waals surface area contributed by atoms with Crippen LogP contribution in [0, 0.1) is 0 Å². The van der Waals surface area contributed by atoms with E-state index >= 15 is 0 Å². The molecule has 0 unspecified atom stereocenters. The molecular formula is C5H13N2NaO4S2. The van der Waals surface area contributed by atoms with Crippen molar-refractivity contribution in [3.8, 4) is 0 Å². The molecule has 0 aromatic carbocycles. The largest absolute Gasteiger partial charge is 1.00 e. The number of carbonyl (C=O) groups is 1. The van der Waals surface area contributed by atoms with Crippen molar-refractivity contribution in [3.05, 3.63) is 0 Å². The Morgan fingerprint density at radius 3 is 2.00 bits per heavy atom. The monoisotopic (exact) mass is 252 g/mol. The molecule has 0 aliphatic heterocycles. The smallest absolute Gasteiger partial charge is 1.00 e. The van der Waals surface area contributed by atoms with Gasteiger partial charge in [-0.1, -0.05) is 0 Å². The number of amides is 1. The summed E-state index contributed by atoms with van der Waals surface area (Å²) < 4.78 is 0.655. The Kier molecular flexibility index (Phi) is 12.8. The van der Waals surface area contributed by atoms with Crippen molar-refractivity contribution in [1.82, 2.24) is 8.77 Å². The third-order valence-corrected chi connectivity index (χ3v) is 1.40. The Balaban J connectivity index is -0.000000720. The summed E-state index contributed by atoms with van der Waals surface area (Å²) >= 11 is 7.15. The van der Waals surface area contributed by atoms with Crippen LogP contribution in [0.25, 0.3) is 0 Å². The standard InChI is InChI=1S/C5H12N2O4S2.Na.H/c8-3-1-6(2-4-9)11-5(10)7(12)13;;/h8-9,12-13H,1-4H2;;/q;+1;-1. The van der Waals surface area contributed by atoms with E-state index < -0.39 is 6.09 Å². The number of hydrogen-bond donors (Lipinski definition) is 4. The molecule has 9 heteroatoms. The molecule has 0 saturated heterocycles. The molecule has 0 saturated carbocycles. The summed E-state index contributed by atoms with van der Waals surface area (Å²) in [5.41, 5.74) is 0. The van der Waals surface area contributed by atoms with E-state index in [2.05, 4.69) is 30.5 Å². The van der Waals surface area contributed by atoms with Gasteiger partial charge in [-0.2, -0.15) is 3.71 Å². The molecule has 0 bridgehead atoms. The second-order valence-electron chi connectivity index (χ2n) is 2.02. The number of nitrogens with zero attached hydrogens (tertiary/aromatic N) is 2. The van der Waals surface area contributed by atoms with Crippen LogP contribution in [0.2, 0.25) is 0 Å². The molecule has 0 fully saturated rings. The molecule has 2 N–H and O–H groups in total. The maximum Gasteiger partial charge on any atom is 1.00 e. The molecule has 0 rings (SSSR count). The maximum absolute atomic E-state index is 10.8. The minimum atomic E-state index is -0.798. The van der Waals surface area contributed by atoms with Crippen LogP contribution in [-0.2, 0) is 4.84 Å². The summed E-state index contributed by atoms with van der Waals surface area (Å²) in [7, 11) is 0. The van der Waals surface area contributed by atoms with Gasteiger partial charge in [-0.15, -0.1) is 5.06 Å². The summed E-state index contributed by atoms with van der Waals surface area (Å²) in [5, 5.41) is 18.2.